The van der Waals surface area contributed by atoms with Crippen LogP contribution in [0.1, 0.15) is 69.1 Å². The van der Waals surface area contributed by atoms with Crippen LogP contribution in [0.25, 0.3) is 10.1 Å². The Hall–Kier alpha value is -1.76. The molecule has 0 amide bonds. The monoisotopic (exact) mass is 446 g/mol. The van der Waals surface area contributed by atoms with E-state index in [0.29, 0.717) is 25.7 Å². The number of rotatable bonds is 13. The maximum Gasteiger partial charge on any atom is 0.303 e. The highest BCUT2D eigenvalue weighted by Gasteiger charge is 2.40. The third-order valence-electron chi connectivity index (χ3n) is 6.52. The lowest BCUT2D eigenvalue weighted by molar-refractivity contribution is -0.137. The van der Waals surface area contributed by atoms with Gasteiger partial charge < -0.3 is 15.3 Å². The van der Waals surface area contributed by atoms with Crippen molar-refractivity contribution in [2.24, 2.45) is 11.8 Å². The number of fused-ring (bicyclic) bond motifs is 1. The van der Waals surface area contributed by atoms with Crippen molar-refractivity contribution < 1.29 is 24.9 Å². The molecule has 1 heterocycles. The van der Waals surface area contributed by atoms with Gasteiger partial charge in [0.1, 0.15) is 5.78 Å². The van der Waals surface area contributed by atoms with Gasteiger partial charge >= 0.3 is 5.97 Å². The summed E-state index contributed by atoms with van der Waals surface area (Å²) in [5.41, 5.74) is 0. The van der Waals surface area contributed by atoms with Crippen LogP contribution in [0, 0.1) is 11.8 Å². The number of aliphatic hydroxyl groups is 2. The number of carbonyl (C=O) groups excluding carboxylic acids is 1. The van der Waals surface area contributed by atoms with Crippen molar-refractivity contribution in [3.8, 4) is 0 Å². The molecule has 1 saturated carbocycles. The Bertz CT molecular complexity index is 827. The second-order valence-electron chi connectivity index (χ2n) is 8.88. The maximum absolute atomic E-state index is 12.3. The summed E-state index contributed by atoms with van der Waals surface area (Å²) in [4.78, 5) is 24.2. The predicted octanol–water partition coefficient (Wildman–Crippen LogP) is 4.97. The molecule has 0 bridgehead atoms. The molecule has 170 valence electrons. The van der Waals surface area contributed by atoms with E-state index in [1.165, 1.54) is 15.0 Å². The van der Waals surface area contributed by atoms with Crippen LogP contribution in [0.3, 0.4) is 0 Å². The fraction of sp³-hybridized carbons (Fsp3) is 0.600. The average molecular weight is 447 g/mol. The van der Waals surface area contributed by atoms with E-state index in [1.54, 1.807) is 11.3 Å². The first-order valence-electron chi connectivity index (χ1n) is 11.5. The summed E-state index contributed by atoms with van der Waals surface area (Å²) in [7, 11) is 0. The quantitative estimate of drug-likeness (QED) is 0.378. The molecule has 6 heteroatoms. The van der Waals surface area contributed by atoms with Gasteiger partial charge in [-0.2, -0.15) is 0 Å². The van der Waals surface area contributed by atoms with E-state index in [-0.39, 0.29) is 30.5 Å². The van der Waals surface area contributed by atoms with Crippen LogP contribution in [0.5, 0.6) is 0 Å². The van der Waals surface area contributed by atoms with Crippen molar-refractivity contribution in [2.45, 2.75) is 82.8 Å². The second-order valence-corrected chi connectivity index (χ2v) is 10.0. The number of aryl methyl sites for hydroxylation is 1. The Morgan fingerprint density at radius 1 is 1.10 bits per heavy atom. The number of carboxylic acids is 1. The van der Waals surface area contributed by atoms with Gasteiger partial charge in [0.05, 0.1) is 12.2 Å². The summed E-state index contributed by atoms with van der Waals surface area (Å²) in [5.74, 6) is -0.808. The number of aliphatic hydroxyl groups excluding tert-OH is 2. The van der Waals surface area contributed by atoms with Crippen LogP contribution in [0.4, 0.5) is 0 Å². The van der Waals surface area contributed by atoms with Crippen molar-refractivity contribution in [1.82, 2.24) is 0 Å². The molecule has 4 unspecified atom stereocenters. The molecule has 1 aliphatic rings. The van der Waals surface area contributed by atoms with Gasteiger partial charge in [0.25, 0.3) is 0 Å². The molecule has 0 radical (unpaired) electrons. The van der Waals surface area contributed by atoms with Crippen molar-refractivity contribution in [1.29, 1.82) is 0 Å². The minimum absolute atomic E-state index is 0.0644. The summed E-state index contributed by atoms with van der Waals surface area (Å²) >= 11 is 1.77. The number of Topliss-reactive ketones (excluding diaryl/α,β-unsaturated/α-hetero) is 1. The topological polar surface area (TPSA) is 94.8 Å². The third-order valence-corrected chi connectivity index (χ3v) is 7.70. The molecule has 1 fully saturated rings. The lowest BCUT2D eigenvalue weighted by Crippen LogP contribution is -2.22. The number of thiophene rings is 1. The Morgan fingerprint density at radius 2 is 1.87 bits per heavy atom. The van der Waals surface area contributed by atoms with Crippen LogP contribution in [0.2, 0.25) is 0 Å². The first-order valence-corrected chi connectivity index (χ1v) is 12.3. The molecular weight excluding hydrogens is 412 g/mol. The highest BCUT2D eigenvalue weighted by atomic mass is 32.1. The Balaban J connectivity index is 1.40. The van der Waals surface area contributed by atoms with E-state index < -0.39 is 18.2 Å². The minimum Gasteiger partial charge on any atom is -0.481 e. The molecule has 0 saturated heterocycles. The molecule has 1 aliphatic carbocycles. The van der Waals surface area contributed by atoms with E-state index in [1.807, 2.05) is 12.1 Å². The number of hydrogen-bond donors (Lipinski definition) is 3. The third kappa shape index (κ3) is 7.13. The van der Waals surface area contributed by atoms with E-state index in [2.05, 4.69) is 18.2 Å². The zero-order chi connectivity index (χ0) is 22.2. The van der Waals surface area contributed by atoms with Gasteiger partial charge in [-0.05, 0) is 62.0 Å². The molecule has 31 heavy (non-hydrogen) atoms. The van der Waals surface area contributed by atoms with E-state index in [0.717, 1.165) is 32.1 Å². The molecule has 1 aromatic carbocycles. The number of benzene rings is 1. The molecule has 2 aromatic rings. The lowest BCUT2D eigenvalue weighted by Gasteiger charge is -2.22. The number of aliphatic carboxylic acids is 1. The summed E-state index contributed by atoms with van der Waals surface area (Å²) in [5, 5.41) is 30.8. The number of carboxylic acid groups (broad SMARTS) is 1. The highest BCUT2D eigenvalue weighted by molar-refractivity contribution is 7.19. The number of unbranched alkanes of at least 4 members (excludes halogenated alkanes) is 3. The molecule has 0 aliphatic heterocycles. The summed E-state index contributed by atoms with van der Waals surface area (Å²) < 4.78 is 1.27. The highest BCUT2D eigenvalue weighted by Crippen LogP contribution is 2.37. The van der Waals surface area contributed by atoms with Gasteiger partial charge in [-0.1, -0.05) is 37.5 Å². The second kappa shape index (κ2) is 11.7. The van der Waals surface area contributed by atoms with Crippen LogP contribution in [0.15, 0.2) is 30.3 Å². The number of carbonyl (C=O) groups is 2. The Morgan fingerprint density at radius 3 is 2.65 bits per heavy atom. The predicted molar refractivity (Wildman–Crippen MR) is 123 cm³/mol. The number of ketones is 1. The molecule has 1 aromatic heterocycles. The summed E-state index contributed by atoms with van der Waals surface area (Å²) in [6.07, 6.45) is 6.29. The zero-order valence-corrected chi connectivity index (χ0v) is 18.9. The minimum atomic E-state index is -0.764. The summed E-state index contributed by atoms with van der Waals surface area (Å²) in [6, 6.07) is 10.5. The van der Waals surface area contributed by atoms with Gasteiger partial charge in [-0.25, -0.2) is 0 Å². The molecule has 5 nitrogen and oxygen atoms in total. The number of hydrogen-bond acceptors (Lipinski definition) is 5. The van der Waals surface area contributed by atoms with Gasteiger partial charge in [-0.15, -0.1) is 11.3 Å². The standard InChI is InChI=1S/C25H34O5S/c26-18(11-13-19-15-17-7-5-6-9-24(17)31-19)12-14-21-20(22(27)16-23(21)28)8-3-1-2-4-10-25(29)30/h5-7,9,15,18,20-21,23,26,28H,1-4,8,10-14,16H2,(H,29,30). The first-order chi connectivity index (χ1) is 14.9. The normalized spacial score (nSPS) is 22.3. The fourth-order valence-electron chi connectivity index (χ4n) is 4.78. The van der Waals surface area contributed by atoms with Crippen LogP contribution in [-0.4, -0.2) is 39.3 Å². The maximum atomic E-state index is 12.3. The van der Waals surface area contributed by atoms with Crippen LogP contribution in [-0.2, 0) is 16.0 Å². The van der Waals surface area contributed by atoms with E-state index in [9.17, 15) is 19.8 Å². The van der Waals surface area contributed by atoms with E-state index >= 15 is 0 Å². The Kier molecular flexibility index (Phi) is 9.05. The molecular formula is C25H34O5S. The van der Waals surface area contributed by atoms with Crippen molar-refractivity contribution in [2.75, 3.05) is 0 Å². The first kappa shape index (κ1) is 23.9. The van der Waals surface area contributed by atoms with Gasteiger partial charge in [0.15, 0.2) is 0 Å². The van der Waals surface area contributed by atoms with Crippen molar-refractivity contribution in [3.63, 3.8) is 0 Å². The average Bonchev–Trinajstić information content (AvgIpc) is 3.27. The summed E-state index contributed by atoms with van der Waals surface area (Å²) in [6.45, 7) is 0. The molecule has 0 spiro atoms. The van der Waals surface area contributed by atoms with E-state index in [4.69, 9.17) is 5.11 Å². The lowest BCUT2D eigenvalue weighted by atomic mass is 9.85. The van der Waals surface area contributed by atoms with Gasteiger partial charge in [0.2, 0.25) is 0 Å². The molecule has 4 atom stereocenters. The molecule has 3 N–H and O–H groups in total. The largest absolute Gasteiger partial charge is 0.481 e. The van der Waals surface area contributed by atoms with Crippen molar-refractivity contribution in [3.05, 3.63) is 35.2 Å². The Labute approximate surface area is 188 Å². The zero-order valence-electron chi connectivity index (χ0n) is 18.0. The van der Waals surface area contributed by atoms with Crippen LogP contribution < -0.4 is 0 Å². The SMILES string of the molecule is O=C(O)CCCCCCC1C(=O)CC(O)C1CCC(O)CCc1cc2ccccc2s1. The van der Waals surface area contributed by atoms with Crippen LogP contribution >= 0.6 is 11.3 Å². The van der Waals surface area contributed by atoms with Gasteiger partial charge in [0, 0.05) is 28.3 Å². The van der Waals surface area contributed by atoms with Crippen molar-refractivity contribution >= 4 is 33.2 Å². The fourth-order valence-corrected chi connectivity index (χ4v) is 5.86. The van der Waals surface area contributed by atoms with Gasteiger partial charge in [-0.3, -0.25) is 9.59 Å². The molecule has 3 rings (SSSR count). The smallest absolute Gasteiger partial charge is 0.303 e.